The van der Waals surface area contributed by atoms with Gasteiger partial charge in [-0.3, -0.25) is 9.69 Å². The van der Waals surface area contributed by atoms with E-state index in [-0.39, 0.29) is 24.5 Å². The zero-order valence-corrected chi connectivity index (χ0v) is 9.31. The molecule has 0 radical (unpaired) electrons. The predicted octanol–water partition coefficient (Wildman–Crippen LogP) is -0.369. The standard InChI is InChI=1S/C10H19NO4/c1-11-5-3-9(12)8(11)7-15-6-4-10(13)14-2/h8-9,12H,3-7H2,1-2H3/t8-,9+/m1/s1. The number of likely N-dealkylation sites (tertiary alicyclic amines) is 1. The van der Waals surface area contributed by atoms with Crippen molar-refractivity contribution in [2.75, 3.05) is 33.9 Å². The molecular formula is C10H19NO4. The Kier molecular flexibility index (Phi) is 5.01. The van der Waals surface area contributed by atoms with Crippen LogP contribution in [0, 0.1) is 0 Å². The molecule has 1 N–H and O–H groups in total. The van der Waals surface area contributed by atoms with E-state index in [1.807, 2.05) is 7.05 Å². The second kappa shape index (κ2) is 6.05. The third-order valence-electron chi connectivity index (χ3n) is 2.75. The molecule has 0 aliphatic carbocycles. The fourth-order valence-electron chi connectivity index (χ4n) is 1.69. The third kappa shape index (κ3) is 3.77. The van der Waals surface area contributed by atoms with Crippen molar-refractivity contribution in [3.8, 4) is 0 Å². The van der Waals surface area contributed by atoms with Crippen molar-refractivity contribution in [2.45, 2.75) is 25.0 Å². The molecule has 15 heavy (non-hydrogen) atoms. The van der Waals surface area contributed by atoms with Crippen molar-refractivity contribution in [3.05, 3.63) is 0 Å². The van der Waals surface area contributed by atoms with E-state index >= 15 is 0 Å². The number of carbonyl (C=O) groups is 1. The fraction of sp³-hybridized carbons (Fsp3) is 0.900. The van der Waals surface area contributed by atoms with Crippen LogP contribution >= 0.6 is 0 Å². The second-order valence-electron chi connectivity index (χ2n) is 3.81. The number of aliphatic hydroxyl groups is 1. The summed E-state index contributed by atoms with van der Waals surface area (Å²) in [6.07, 6.45) is 0.748. The molecule has 0 saturated carbocycles. The van der Waals surface area contributed by atoms with Gasteiger partial charge in [0.2, 0.25) is 0 Å². The monoisotopic (exact) mass is 217 g/mol. The number of carbonyl (C=O) groups excluding carboxylic acids is 1. The summed E-state index contributed by atoms with van der Waals surface area (Å²) in [4.78, 5) is 12.8. The Morgan fingerprint density at radius 2 is 2.33 bits per heavy atom. The number of ether oxygens (including phenoxy) is 2. The highest BCUT2D eigenvalue weighted by molar-refractivity contribution is 5.69. The van der Waals surface area contributed by atoms with E-state index in [1.54, 1.807) is 0 Å². The summed E-state index contributed by atoms with van der Waals surface area (Å²) in [6, 6.07) is 0.0580. The predicted molar refractivity (Wildman–Crippen MR) is 54.5 cm³/mol. The van der Waals surface area contributed by atoms with Crippen molar-refractivity contribution in [1.82, 2.24) is 4.90 Å². The number of aliphatic hydroxyl groups excluding tert-OH is 1. The minimum atomic E-state index is -0.312. The molecule has 5 nitrogen and oxygen atoms in total. The van der Waals surface area contributed by atoms with E-state index < -0.39 is 0 Å². The van der Waals surface area contributed by atoms with Gasteiger partial charge in [-0.2, -0.15) is 0 Å². The summed E-state index contributed by atoms with van der Waals surface area (Å²) >= 11 is 0. The van der Waals surface area contributed by atoms with Crippen molar-refractivity contribution in [1.29, 1.82) is 0 Å². The lowest BCUT2D eigenvalue weighted by Gasteiger charge is -2.21. The number of likely N-dealkylation sites (N-methyl/N-ethyl adjacent to an activating group) is 1. The van der Waals surface area contributed by atoms with Crippen LogP contribution in [0.15, 0.2) is 0 Å². The van der Waals surface area contributed by atoms with Gasteiger partial charge in [-0.25, -0.2) is 0 Å². The Hall–Kier alpha value is -0.650. The highest BCUT2D eigenvalue weighted by Crippen LogP contribution is 2.15. The molecule has 1 fully saturated rings. The van der Waals surface area contributed by atoms with Crippen molar-refractivity contribution in [2.24, 2.45) is 0 Å². The minimum Gasteiger partial charge on any atom is -0.469 e. The SMILES string of the molecule is COC(=O)CCOC[C@@H]1[C@@H](O)CCN1C. The molecule has 1 rings (SSSR count). The van der Waals surface area contributed by atoms with Gasteiger partial charge in [0, 0.05) is 6.54 Å². The molecule has 0 aromatic rings. The third-order valence-corrected chi connectivity index (χ3v) is 2.75. The molecule has 88 valence electrons. The average molecular weight is 217 g/mol. The number of esters is 1. The maximum Gasteiger partial charge on any atom is 0.307 e. The maximum absolute atomic E-state index is 10.8. The summed E-state index contributed by atoms with van der Waals surface area (Å²) in [5.74, 6) is -0.268. The summed E-state index contributed by atoms with van der Waals surface area (Å²) < 4.78 is 9.81. The van der Waals surface area contributed by atoms with E-state index in [0.29, 0.717) is 13.2 Å². The lowest BCUT2D eigenvalue weighted by atomic mass is 10.2. The first kappa shape index (κ1) is 12.4. The Morgan fingerprint density at radius 1 is 1.60 bits per heavy atom. The Bertz CT molecular complexity index is 200. The number of nitrogens with zero attached hydrogens (tertiary/aromatic N) is 1. The molecule has 1 aliphatic rings. The molecule has 0 amide bonds. The molecule has 1 saturated heterocycles. The van der Waals surface area contributed by atoms with Crippen LogP contribution in [0.25, 0.3) is 0 Å². The molecule has 2 atom stereocenters. The molecule has 5 heteroatoms. The largest absolute Gasteiger partial charge is 0.469 e. The first-order valence-electron chi connectivity index (χ1n) is 5.18. The van der Waals surface area contributed by atoms with Gasteiger partial charge < -0.3 is 14.6 Å². The Balaban J connectivity index is 2.11. The lowest BCUT2D eigenvalue weighted by molar-refractivity contribution is -0.142. The van der Waals surface area contributed by atoms with Gasteiger partial charge in [0.05, 0.1) is 38.9 Å². The van der Waals surface area contributed by atoms with E-state index in [0.717, 1.165) is 13.0 Å². The number of methoxy groups -OCH3 is 1. The summed E-state index contributed by atoms with van der Waals surface area (Å²) in [7, 11) is 3.32. The summed E-state index contributed by atoms with van der Waals surface area (Å²) in [5.41, 5.74) is 0. The summed E-state index contributed by atoms with van der Waals surface area (Å²) in [5, 5.41) is 9.60. The van der Waals surface area contributed by atoms with Crippen LogP contribution in [-0.4, -0.2) is 62.0 Å². The molecule has 0 aromatic carbocycles. The van der Waals surface area contributed by atoms with Gasteiger partial charge in [-0.1, -0.05) is 0 Å². The molecule has 0 aromatic heterocycles. The van der Waals surface area contributed by atoms with Crippen molar-refractivity contribution < 1.29 is 19.4 Å². The van der Waals surface area contributed by atoms with E-state index in [1.165, 1.54) is 7.11 Å². The van der Waals surface area contributed by atoms with Gasteiger partial charge >= 0.3 is 5.97 Å². The average Bonchev–Trinajstić information content (AvgIpc) is 2.54. The van der Waals surface area contributed by atoms with E-state index in [9.17, 15) is 9.90 Å². The van der Waals surface area contributed by atoms with Gasteiger partial charge in [-0.15, -0.1) is 0 Å². The van der Waals surface area contributed by atoms with Crippen LogP contribution in [0.5, 0.6) is 0 Å². The van der Waals surface area contributed by atoms with Gasteiger partial charge in [-0.05, 0) is 13.5 Å². The quantitative estimate of drug-likeness (QED) is 0.503. The molecule has 0 unspecified atom stereocenters. The lowest BCUT2D eigenvalue weighted by Crippen LogP contribution is -2.36. The number of hydrogen-bond acceptors (Lipinski definition) is 5. The van der Waals surface area contributed by atoms with Crippen molar-refractivity contribution in [3.63, 3.8) is 0 Å². The van der Waals surface area contributed by atoms with Crippen molar-refractivity contribution >= 4 is 5.97 Å². The van der Waals surface area contributed by atoms with Gasteiger partial charge in [0.15, 0.2) is 0 Å². The first-order valence-corrected chi connectivity index (χ1v) is 5.18. The van der Waals surface area contributed by atoms with Crippen LogP contribution in [0.4, 0.5) is 0 Å². The van der Waals surface area contributed by atoms with E-state index in [4.69, 9.17) is 4.74 Å². The second-order valence-corrected chi connectivity index (χ2v) is 3.81. The van der Waals surface area contributed by atoms with Crippen LogP contribution in [0.1, 0.15) is 12.8 Å². The normalized spacial score (nSPS) is 26.9. The highest BCUT2D eigenvalue weighted by atomic mass is 16.5. The fourth-order valence-corrected chi connectivity index (χ4v) is 1.69. The number of rotatable bonds is 5. The molecule has 0 spiro atoms. The molecule has 1 heterocycles. The molecule has 1 aliphatic heterocycles. The number of hydrogen-bond donors (Lipinski definition) is 1. The summed E-state index contributed by atoms with van der Waals surface area (Å²) in [6.45, 7) is 1.71. The van der Waals surface area contributed by atoms with Crippen LogP contribution < -0.4 is 0 Å². The van der Waals surface area contributed by atoms with Crippen LogP contribution in [0.2, 0.25) is 0 Å². The highest BCUT2D eigenvalue weighted by Gasteiger charge is 2.29. The smallest absolute Gasteiger partial charge is 0.307 e. The molecular weight excluding hydrogens is 198 g/mol. The van der Waals surface area contributed by atoms with Gasteiger partial charge in [0.1, 0.15) is 0 Å². The van der Waals surface area contributed by atoms with Gasteiger partial charge in [0.25, 0.3) is 0 Å². The minimum absolute atomic E-state index is 0.0580. The first-order chi connectivity index (χ1) is 7.15. The Labute approximate surface area is 90.0 Å². The maximum atomic E-state index is 10.8. The topological polar surface area (TPSA) is 59.0 Å². The Morgan fingerprint density at radius 3 is 2.87 bits per heavy atom. The van der Waals surface area contributed by atoms with Crippen LogP contribution in [0.3, 0.4) is 0 Å². The molecule has 0 bridgehead atoms. The van der Waals surface area contributed by atoms with Crippen LogP contribution in [-0.2, 0) is 14.3 Å². The zero-order chi connectivity index (χ0) is 11.3. The van der Waals surface area contributed by atoms with E-state index in [2.05, 4.69) is 9.64 Å². The zero-order valence-electron chi connectivity index (χ0n) is 9.31.